The number of hydrogen-bond donors (Lipinski definition) is 1. The summed E-state index contributed by atoms with van der Waals surface area (Å²) in [4.78, 5) is 26.6. The predicted molar refractivity (Wildman–Crippen MR) is 58.6 cm³/mol. The average Bonchev–Trinajstić information content (AvgIpc) is 2.29. The fraction of sp³-hybridized carbons (Fsp3) is 0.444. The topological polar surface area (TPSA) is 81.4 Å². The second kappa shape index (κ2) is 5.02. The van der Waals surface area contributed by atoms with E-state index >= 15 is 0 Å². The Hall–Kier alpha value is -1.50. The summed E-state index contributed by atoms with van der Waals surface area (Å²) in [6.45, 7) is 0. The van der Waals surface area contributed by atoms with E-state index < -0.39 is 17.3 Å². The zero-order chi connectivity index (χ0) is 12.3. The van der Waals surface area contributed by atoms with E-state index in [9.17, 15) is 14.7 Å². The van der Waals surface area contributed by atoms with Crippen LogP contribution >= 0.6 is 11.8 Å². The minimum absolute atomic E-state index is 0.0410. The minimum Gasteiger partial charge on any atom is -0.502 e. The van der Waals surface area contributed by atoms with Gasteiger partial charge in [-0.15, -0.1) is 0 Å². The molecule has 1 aromatic heterocycles. The van der Waals surface area contributed by atoms with Crippen molar-refractivity contribution in [3.8, 4) is 5.75 Å². The number of esters is 1. The van der Waals surface area contributed by atoms with Gasteiger partial charge in [-0.3, -0.25) is 14.2 Å². The normalized spacial score (nSPS) is 10.2. The van der Waals surface area contributed by atoms with Gasteiger partial charge in [-0.2, -0.15) is 0 Å². The molecule has 7 heteroatoms. The Balaban J connectivity index is 3.25. The number of carbonyl (C=O) groups excluding carboxylic acids is 1. The molecule has 16 heavy (non-hydrogen) atoms. The predicted octanol–water partition coefficient (Wildman–Crippen LogP) is -0.0767. The zero-order valence-corrected chi connectivity index (χ0v) is 10.00. The van der Waals surface area contributed by atoms with Gasteiger partial charge in [-0.05, 0) is 6.26 Å². The standard InChI is InChI=1S/C9H12N2O4S/c1-11-8(14)7(13)5(4-6(12)15-2)10-9(11)16-3/h13H,4H2,1-3H3. The van der Waals surface area contributed by atoms with Gasteiger partial charge in [-0.1, -0.05) is 11.8 Å². The summed E-state index contributed by atoms with van der Waals surface area (Å²) in [6.07, 6.45) is 1.53. The molecule has 0 radical (unpaired) electrons. The third kappa shape index (κ3) is 2.35. The van der Waals surface area contributed by atoms with Crippen molar-refractivity contribution in [3.63, 3.8) is 0 Å². The minimum atomic E-state index is -0.571. The molecule has 1 rings (SSSR count). The monoisotopic (exact) mass is 244 g/mol. The van der Waals surface area contributed by atoms with Crippen molar-refractivity contribution in [2.24, 2.45) is 7.05 Å². The maximum Gasteiger partial charge on any atom is 0.311 e. The molecular formula is C9H12N2O4S. The smallest absolute Gasteiger partial charge is 0.311 e. The molecule has 0 fully saturated rings. The molecule has 0 spiro atoms. The third-order valence-corrected chi connectivity index (χ3v) is 2.75. The van der Waals surface area contributed by atoms with E-state index in [1.165, 1.54) is 30.5 Å². The largest absolute Gasteiger partial charge is 0.502 e. The van der Waals surface area contributed by atoms with Crippen LogP contribution in [0.4, 0.5) is 0 Å². The molecule has 1 aromatic rings. The summed E-state index contributed by atoms with van der Waals surface area (Å²) in [7, 11) is 2.73. The van der Waals surface area contributed by atoms with Gasteiger partial charge in [0.05, 0.1) is 13.5 Å². The van der Waals surface area contributed by atoms with Gasteiger partial charge < -0.3 is 9.84 Å². The molecule has 88 valence electrons. The fourth-order valence-electron chi connectivity index (χ4n) is 1.13. The Morgan fingerprint density at radius 3 is 2.75 bits per heavy atom. The lowest BCUT2D eigenvalue weighted by Gasteiger charge is -2.08. The van der Waals surface area contributed by atoms with Gasteiger partial charge in [0.1, 0.15) is 5.69 Å². The summed E-state index contributed by atoms with van der Waals surface area (Å²) < 4.78 is 5.67. The number of carbonyl (C=O) groups is 1. The summed E-state index contributed by atoms with van der Waals surface area (Å²) in [5.74, 6) is -1.06. The second-order valence-electron chi connectivity index (χ2n) is 3.01. The van der Waals surface area contributed by atoms with Crippen LogP contribution in [-0.4, -0.2) is 34.0 Å². The lowest BCUT2D eigenvalue weighted by Crippen LogP contribution is -2.22. The van der Waals surface area contributed by atoms with Gasteiger partial charge in [-0.25, -0.2) is 4.98 Å². The number of aromatic nitrogens is 2. The Morgan fingerprint density at radius 2 is 2.25 bits per heavy atom. The van der Waals surface area contributed by atoms with E-state index in [-0.39, 0.29) is 12.1 Å². The van der Waals surface area contributed by atoms with Crippen molar-refractivity contribution in [2.75, 3.05) is 13.4 Å². The van der Waals surface area contributed by atoms with Gasteiger partial charge in [0.15, 0.2) is 5.16 Å². The van der Waals surface area contributed by atoms with E-state index in [1.54, 1.807) is 6.26 Å². The lowest BCUT2D eigenvalue weighted by molar-refractivity contribution is -0.139. The van der Waals surface area contributed by atoms with E-state index in [0.717, 1.165) is 0 Å². The van der Waals surface area contributed by atoms with Crippen LogP contribution in [0.2, 0.25) is 0 Å². The van der Waals surface area contributed by atoms with E-state index in [4.69, 9.17) is 0 Å². The quantitative estimate of drug-likeness (QED) is 0.455. The summed E-state index contributed by atoms with van der Waals surface area (Å²) in [5.41, 5.74) is -0.530. The van der Waals surface area contributed by atoms with E-state index in [2.05, 4.69) is 9.72 Å². The van der Waals surface area contributed by atoms with Crippen molar-refractivity contribution in [1.29, 1.82) is 0 Å². The molecule has 0 amide bonds. The van der Waals surface area contributed by atoms with Crippen LogP contribution in [0, 0.1) is 0 Å². The van der Waals surface area contributed by atoms with Crippen LogP contribution in [-0.2, 0) is 23.0 Å². The number of aromatic hydroxyl groups is 1. The molecule has 0 saturated heterocycles. The molecule has 0 aromatic carbocycles. The molecule has 0 atom stereocenters. The van der Waals surface area contributed by atoms with E-state index in [1.807, 2.05) is 0 Å². The average molecular weight is 244 g/mol. The van der Waals surface area contributed by atoms with Gasteiger partial charge in [0, 0.05) is 7.05 Å². The van der Waals surface area contributed by atoms with E-state index in [0.29, 0.717) is 5.16 Å². The molecular weight excluding hydrogens is 232 g/mol. The number of thioether (sulfide) groups is 1. The summed E-state index contributed by atoms with van der Waals surface area (Å²) in [5, 5.41) is 9.96. The highest BCUT2D eigenvalue weighted by Crippen LogP contribution is 2.15. The van der Waals surface area contributed by atoms with Crippen molar-refractivity contribution in [3.05, 3.63) is 16.0 Å². The summed E-state index contributed by atoms with van der Waals surface area (Å²) in [6, 6.07) is 0. The van der Waals surface area contributed by atoms with Crippen molar-refractivity contribution >= 4 is 17.7 Å². The zero-order valence-electron chi connectivity index (χ0n) is 9.18. The molecule has 1 N–H and O–H groups in total. The Labute approximate surface area is 96.3 Å². The van der Waals surface area contributed by atoms with Crippen LogP contribution in [0.5, 0.6) is 5.75 Å². The van der Waals surface area contributed by atoms with Crippen LogP contribution in [0.1, 0.15) is 5.69 Å². The lowest BCUT2D eigenvalue weighted by atomic mass is 10.3. The molecule has 0 bridgehead atoms. The molecule has 0 saturated carbocycles. The van der Waals surface area contributed by atoms with Crippen molar-refractivity contribution < 1.29 is 14.6 Å². The molecule has 0 aliphatic carbocycles. The third-order valence-electron chi connectivity index (χ3n) is 2.02. The SMILES string of the molecule is COC(=O)Cc1nc(SC)n(C)c(=O)c1O. The first kappa shape index (κ1) is 12.6. The molecule has 0 aliphatic rings. The highest BCUT2D eigenvalue weighted by Gasteiger charge is 2.16. The highest BCUT2D eigenvalue weighted by molar-refractivity contribution is 7.98. The number of rotatable bonds is 3. The maximum absolute atomic E-state index is 11.5. The van der Waals surface area contributed by atoms with Crippen LogP contribution < -0.4 is 5.56 Å². The molecule has 6 nitrogen and oxygen atoms in total. The maximum atomic E-state index is 11.5. The number of ether oxygens (including phenoxy) is 1. The first-order valence-electron chi connectivity index (χ1n) is 4.41. The van der Waals surface area contributed by atoms with Crippen LogP contribution in [0.15, 0.2) is 9.95 Å². The Kier molecular flexibility index (Phi) is 3.94. The first-order valence-corrected chi connectivity index (χ1v) is 5.63. The van der Waals surface area contributed by atoms with Crippen LogP contribution in [0.3, 0.4) is 0 Å². The second-order valence-corrected chi connectivity index (χ2v) is 3.78. The van der Waals surface area contributed by atoms with Gasteiger partial charge >= 0.3 is 5.97 Å². The summed E-state index contributed by atoms with van der Waals surface area (Å²) >= 11 is 1.26. The molecule has 1 heterocycles. The van der Waals surface area contributed by atoms with Gasteiger partial charge in [0.25, 0.3) is 5.56 Å². The van der Waals surface area contributed by atoms with Crippen LogP contribution in [0.25, 0.3) is 0 Å². The number of methoxy groups -OCH3 is 1. The molecule has 0 aliphatic heterocycles. The Morgan fingerprint density at radius 1 is 1.62 bits per heavy atom. The number of nitrogens with zero attached hydrogens (tertiary/aromatic N) is 2. The number of hydrogen-bond acceptors (Lipinski definition) is 6. The molecule has 0 unspecified atom stereocenters. The Bertz CT molecular complexity index is 469. The van der Waals surface area contributed by atoms with Gasteiger partial charge in [0.2, 0.25) is 5.75 Å². The fourth-order valence-corrected chi connectivity index (χ4v) is 1.69. The van der Waals surface area contributed by atoms with Crippen molar-refractivity contribution in [1.82, 2.24) is 9.55 Å². The highest BCUT2D eigenvalue weighted by atomic mass is 32.2. The van der Waals surface area contributed by atoms with Crippen molar-refractivity contribution in [2.45, 2.75) is 11.6 Å². The first-order chi connectivity index (χ1) is 7.51.